The average molecular weight is 364 g/mol. The van der Waals surface area contributed by atoms with E-state index >= 15 is 0 Å². The number of halogens is 3. The second kappa shape index (κ2) is 5.76. The molecule has 138 valence electrons. The van der Waals surface area contributed by atoms with Gasteiger partial charge in [-0.15, -0.1) is 0 Å². The summed E-state index contributed by atoms with van der Waals surface area (Å²) >= 11 is 0. The van der Waals surface area contributed by atoms with Crippen LogP contribution in [0.25, 0.3) is 10.9 Å². The van der Waals surface area contributed by atoms with Crippen molar-refractivity contribution in [2.24, 2.45) is 5.41 Å². The van der Waals surface area contributed by atoms with Gasteiger partial charge in [0.2, 0.25) is 0 Å². The molecule has 1 heterocycles. The monoisotopic (exact) mass is 364 g/mol. The maximum atomic E-state index is 13.6. The highest BCUT2D eigenvalue weighted by Crippen LogP contribution is 2.48. The van der Waals surface area contributed by atoms with Gasteiger partial charge in [0.25, 0.3) is 0 Å². The Balaban J connectivity index is 2.42. The van der Waals surface area contributed by atoms with Gasteiger partial charge in [-0.1, -0.05) is 20.8 Å². The minimum atomic E-state index is -4.70. The van der Waals surface area contributed by atoms with Crippen molar-refractivity contribution in [1.29, 1.82) is 5.26 Å². The van der Waals surface area contributed by atoms with Crippen LogP contribution < -0.4 is 0 Å². The van der Waals surface area contributed by atoms with Crippen LogP contribution in [0.5, 0.6) is 0 Å². The maximum Gasteiger partial charge on any atom is 0.418 e. The van der Waals surface area contributed by atoms with Gasteiger partial charge in [0.05, 0.1) is 17.2 Å². The highest BCUT2D eigenvalue weighted by Gasteiger charge is 2.41. The van der Waals surface area contributed by atoms with Crippen molar-refractivity contribution in [1.82, 2.24) is 4.57 Å². The van der Waals surface area contributed by atoms with Crippen molar-refractivity contribution in [3.05, 3.63) is 35.0 Å². The first-order chi connectivity index (χ1) is 12.0. The number of nitriles is 1. The first-order valence-electron chi connectivity index (χ1n) is 8.34. The van der Waals surface area contributed by atoms with E-state index in [1.54, 1.807) is 26.8 Å². The van der Waals surface area contributed by atoms with Crippen molar-refractivity contribution in [3.63, 3.8) is 0 Å². The summed E-state index contributed by atoms with van der Waals surface area (Å²) < 4.78 is 42.5. The van der Waals surface area contributed by atoms with Gasteiger partial charge in [-0.2, -0.15) is 18.4 Å². The molecule has 1 atom stereocenters. The zero-order valence-electron chi connectivity index (χ0n) is 14.7. The molecule has 1 aromatic heterocycles. The topological polar surface area (TPSA) is 66.0 Å². The molecule has 7 heteroatoms. The lowest BCUT2D eigenvalue weighted by atomic mass is 9.86. The third-order valence-electron chi connectivity index (χ3n) is 4.76. The van der Waals surface area contributed by atoms with E-state index in [9.17, 15) is 23.1 Å². The summed E-state index contributed by atoms with van der Waals surface area (Å²) in [6, 6.07) is 4.58. The number of alkyl halides is 3. The summed E-state index contributed by atoms with van der Waals surface area (Å²) in [6.45, 7) is 5.26. The fourth-order valence-corrected chi connectivity index (χ4v) is 3.57. The smallest absolute Gasteiger partial charge is 0.418 e. The molecule has 1 N–H and O–H groups in total. The summed E-state index contributed by atoms with van der Waals surface area (Å²) in [6.07, 6.45) is -3.06. The van der Waals surface area contributed by atoms with E-state index in [0.717, 1.165) is 18.9 Å². The molecule has 1 saturated carbocycles. The summed E-state index contributed by atoms with van der Waals surface area (Å²) in [7, 11) is 0. The average Bonchev–Trinajstić information content (AvgIpc) is 3.26. The van der Waals surface area contributed by atoms with E-state index in [4.69, 9.17) is 5.26 Å². The lowest BCUT2D eigenvalue weighted by Gasteiger charge is -2.31. The number of carboxylic acid groups (broad SMARTS) is 1. The predicted octanol–water partition coefficient (Wildman–Crippen LogP) is 5.08. The van der Waals surface area contributed by atoms with Gasteiger partial charge in [-0.05, 0) is 42.4 Å². The van der Waals surface area contributed by atoms with Crippen LogP contribution in [0.15, 0.2) is 18.2 Å². The second-order valence-corrected chi connectivity index (χ2v) is 7.85. The summed E-state index contributed by atoms with van der Waals surface area (Å²) in [5, 5.41) is 18.8. The maximum absolute atomic E-state index is 13.6. The second-order valence-electron chi connectivity index (χ2n) is 7.85. The molecular weight excluding hydrogens is 345 g/mol. The molecule has 0 radical (unpaired) electrons. The first-order valence-corrected chi connectivity index (χ1v) is 8.34. The van der Waals surface area contributed by atoms with E-state index in [0.29, 0.717) is 5.69 Å². The first kappa shape index (κ1) is 18.3. The highest BCUT2D eigenvalue weighted by atomic mass is 19.4. The van der Waals surface area contributed by atoms with Gasteiger partial charge in [0.15, 0.2) is 0 Å². The van der Waals surface area contributed by atoms with Crippen molar-refractivity contribution in [2.45, 2.75) is 51.7 Å². The van der Waals surface area contributed by atoms with Gasteiger partial charge in [0, 0.05) is 16.6 Å². The quantitative estimate of drug-likeness (QED) is 0.826. The molecule has 2 aromatic rings. The van der Waals surface area contributed by atoms with Crippen molar-refractivity contribution >= 4 is 16.9 Å². The third kappa shape index (κ3) is 2.94. The fourth-order valence-electron chi connectivity index (χ4n) is 3.57. The highest BCUT2D eigenvalue weighted by molar-refractivity contribution is 5.89. The molecule has 0 spiro atoms. The van der Waals surface area contributed by atoms with E-state index in [1.807, 2.05) is 0 Å². The molecule has 26 heavy (non-hydrogen) atoms. The molecule has 1 aliphatic carbocycles. The lowest BCUT2D eigenvalue weighted by molar-refractivity contribution is -0.144. The predicted molar refractivity (Wildman–Crippen MR) is 89.8 cm³/mol. The van der Waals surface area contributed by atoms with Gasteiger partial charge in [-0.25, -0.2) is 4.79 Å². The minimum Gasteiger partial charge on any atom is -0.480 e. The van der Waals surface area contributed by atoms with Gasteiger partial charge in [0.1, 0.15) is 6.04 Å². The largest absolute Gasteiger partial charge is 0.480 e. The molecule has 0 saturated heterocycles. The van der Waals surface area contributed by atoms with Crippen LogP contribution in [0.3, 0.4) is 0 Å². The SMILES string of the molecule is CC(C)(C)C(C(=O)O)n1c(C2CC2)cc2c(C(F)(F)F)c(C#N)ccc21. The van der Waals surface area contributed by atoms with E-state index in [1.165, 1.54) is 16.7 Å². The number of hydrogen-bond acceptors (Lipinski definition) is 2. The number of carboxylic acids is 1. The Hall–Kier alpha value is -2.49. The summed E-state index contributed by atoms with van der Waals surface area (Å²) in [5.74, 6) is -1.03. The number of carbonyl (C=O) groups is 1. The summed E-state index contributed by atoms with van der Waals surface area (Å²) in [4.78, 5) is 12.0. The van der Waals surface area contributed by atoms with Gasteiger partial charge in [-0.3, -0.25) is 0 Å². The van der Waals surface area contributed by atoms with Crippen LogP contribution in [0, 0.1) is 16.7 Å². The van der Waals surface area contributed by atoms with Crippen molar-refractivity contribution in [3.8, 4) is 6.07 Å². The van der Waals surface area contributed by atoms with Gasteiger partial charge < -0.3 is 9.67 Å². The zero-order chi connectivity index (χ0) is 19.4. The number of fused-ring (bicyclic) bond motifs is 1. The Morgan fingerprint density at radius 3 is 2.35 bits per heavy atom. The number of nitrogens with zero attached hydrogens (tertiary/aromatic N) is 2. The van der Waals surface area contributed by atoms with E-state index in [2.05, 4.69) is 0 Å². The van der Waals surface area contributed by atoms with E-state index < -0.39 is 34.7 Å². The number of rotatable bonds is 3. The fraction of sp³-hybridized carbons (Fsp3) is 0.474. The Labute approximate surface area is 148 Å². The van der Waals surface area contributed by atoms with Gasteiger partial charge >= 0.3 is 12.1 Å². The Bertz CT molecular complexity index is 925. The molecule has 0 bridgehead atoms. The molecular formula is C19H19F3N2O2. The molecule has 1 aromatic carbocycles. The van der Waals surface area contributed by atoms with E-state index in [-0.39, 0.29) is 16.8 Å². The van der Waals surface area contributed by atoms with Crippen LogP contribution in [-0.2, 0) is 11.0 Å². The zero-order valence-corrected chi connectivity index (χ0v) is 14.7. The Morgan fingerprint density at radius 1 is 1.31 bits per heavy atom. The minimum absolute atomic E-state index is 0.0539. The molecule has 0 aliphatic heterocycles. The molecule has 3 rings (SSSR count). The number of aromatic nitrogens is 1. The Morgan fingerprint density at radius 2 is 1.92 bits per heavy atom. The van der Waals surface area contributed by atoms with Crippen LogP contribution in [0.1, 0.15) is 62.4 Å². The van der Waals surface area contributed by atoms with Crippen LogP contribution in [-0.4, -0.2) is 15.6 Å². The molecule has 0 amide bonds. The standard InChI is InChI=1S/C19H19F3N2O2/c1-18(2,3)16(17(25)26)24-13-7-6-11(9-23)15(19(20,21)22)12(13)8-14(24)10-4-5-10/h6-8,10,16H,4-5H2,1-3H3,(H,25,26). The Kier molecular flexibility index (Phi) is 4.06. The van der Waals surface area contributed by atoms with Crippen molar-refractivity contribution < 1.29 is 23.1 Å². The summed E-state index contributed by atoms with van der Waals surface area (Å²) in [5.41, 5.74) is -1.33. The number of aliphatic carboxylic acids is 1. The number of hydrogen-bond donors (Lipinski definition) is 1. The molecule has 4 nitrogen and oxygen atoms in total. The van der Waals surface area contributed by atoms with Crippen LogP contribution in [0.2, 0.25) is 0 Å². The normalized spacial score (nSPS) is 16.5. The van der Waals surface area contributed by atoms with Crippen molar-refractivity contribution in [2.75, 3.05) is 0 Å². The molecule has 1 unspecified atom stereocenters. The molecule has 1 fully saturated rings. The van der Waals surface area contributed by atoms with Crippen LogP contribution >= 0.6 is 0 Å². The van der Waals surface area contributed by atoms with Crippen LogP contribution in [0.4, 0.5) is 13.2 Å². The number of benzene rings is 1. The molecule has 1 aliphatic rings. The third-order valence-corrected chi connectivity index (χ3v) is 4.76. The lowest BCUT2D eigenvalue weighted by Crippen LogP contribution is -2.32.